The molecule has 2 rings (SSSR count). The first-order valence-electron chi connectivity index (χ1n) is 8.90. The van der Waals surface area contributed by atoms with Crippen LogP contribution in [0.15, 0.2) is 18.2 Å². The van der Waals surface area contributed by atoms with Crippen LogP contribution in [-0.2, 0) is 11.2 Å². The van der Waals surface area contributed by atoms with Gasteiger partial charge in [-0.1, -0.05) is 13.0 Å². The van der Waals surface area contributed by atoms with Crippen molar-refractivity contribution in [1.82, 2.24) is 10.2 Å². The minimum absolute atomic E-state index is 0. The summed E-state index contributed by atoms with van der Waals surface area (Å²) in [7, 11) is 3.26. The average Bonchev–Trinajstić information content (AvgIpc) is 2.64. The van der Waals surface area contributed by atoms with Crippen molar-refractivity contribution in [3.05, 3.63) is 23.8 Å². The zero-order valence-electron chi connectivity index (χ0n) is 15.5. The van der Waals surface area contributed by atoms with Crippen LogP contribution in [0.2, 0.25) is 0 Å². The molecule has 1 heterocycles. The molecule has 1 saturated heterocycles. The molecule has 0 saturated carbocycles. The number of benzene rings is 1. The second kappa shape index (κ2) is 11.2. The molecule has 6 heteroatoms. The standard InChI is InChI=1S/C19H30N2O3.ClH/c1-4-13-21(16-9-11-20-12-10-16)19(22)8-6-15-5-7-17(23-2)18(14-15)24-3;/h5,7,14,16,20H,4,6,8-13H2,1-3H3;1H. The number of amides is 1. The second-order valence-corrected chi connectivity index (χ2v) is 6.26. The highest BCUT2D eigenvalue weighted by molar-refractivity contribution is 5.85. The predicted molar refractivity (Wildman–Crippen MR) is 103 cm³/mol. The summed E-state index contributed by atoms with van der Waals surface area (Å²) >= 11 is 0. The minimum atomic E-state index is 0. The molecule has 1 aliphatic rings. The van der Waals surface area contributed by atoms with Crippen molar-refractivity contribution < 1.29 is 14.3 Å². The Morgan fingerprint density at radius 1 is 1.20 bits per heavy atom. The van der Waals surface area contributed by atoms with Gasteiger partial charge in [-0.3, -0.25) is 4.79 Å². The molecular formula is C19H31ClN2O3. The summed E-state index contributed by atoms with van der Waals surface area (Å²) in [6.45, 7) is 5.01. The lowest BCUT2D eigenvalue weighted by molar-refractivity contribution is -0.134. The van der Waals surface area contributed by atoms with Crippen LogP contribution in [0.5, 0.6) is 11.5 Å². The van der Waals surface area contributed by atoms with Gasteiger partial charge in [0.25, 0.3) is 0 Å². The first kappa shape index (κ1) is 21.6. The number of nitrogens with one attached hydrogen (secondary N) is 1. The van der Waals surface area contributed by atoms with Crippen molar-refractivity contribution in [1.29, 1.82) is 0 Å². The number of hydrogen-bond acceptors (Lipinski definition) is 4. The number of aryl methyl sites for hydroxylation is 1. The fraction of sp³-hybridized carbons (Fsp3) is 0.632. The number of carbonyl (C=O) groups is 1. The van der Waals surface area contributed by atoms with E-state index in [0.717, 1.165) is 56.6 Å². The molecule has 0 atom stereocenters. The first-order valence-corrected chi connectivity index (χ1v) is 8.90. The molecule has 0 aliphatic carbocycles. The number of hydrogen-bond donors (Lipinski definition) is 1. The molecule has 1 aromatic rings. The largest absolute Gasteiger partial charge is 0.493 e. The predicted octanol–water partition coefficient (Wildman–Crippen LogP) is 3.05. The molecule has 1 aromatic carbocycles. The summed E-state index contributed by atoms with van der Waals surface area (Å²) in [4.78, 5) is 14.8. The molecule has 1 fully saturated rings. The van der Waals surface area contributed by atoms with Gasteiger partial charge in [0, 0.05) is 19.0 Å². The minimum Gasteiger partial charge on any atom is -0.493 e. The third kappa shape index (κ3) is 6.08. The Hall–Kier alpha value is -1.46. The van der Waals surface area contributed by atoms with E-state index in [0.29, 0.717) is 18.2 Å². The number of rotatable bonds is 8. The van der Waals surface area contributed by atoms with E-state index >= 15 is 0 Å². The zero-order valence-corrected chi connectivity index (χ0v) is 16.4. The maximum absolute atomic E-state index is 12.7. The topological polar surface area (TPSA) is 50.8 Å². The molecule has 0 unspecified atom stereocenters. The van der Waals surface area contributed by atoms with E-state index in [-0.39, 0.29) is 18.3 Å². The molecule has 0 aromatic heterocycles. The van der Waals surface area contributed by atoms with Gasteiger partial charge in [0.15, 0.2) is 11.5 Å². The van der Waals surface area contributed by atoms with E-state index in [2.05, 4.69) is 17.1 Å². The Morgan fingerprint density at radius 3 is 2.48 bits per heavy atom. The van der Waals surface area contributed by atoms with Gasteiger partial charge in [0.05, 0.1) is 14.2 Å². The Balaban J connectivity index is 0.00000312. The van der Waals surface area contributed by atoms with Gasteiger partial charge in [-0.25, -0.2) is 0 Å². The van der Waals surface area contributed by atoms with Gasteiger partial charge in [-0.2, -0.15) is 0 Å². The fourth-order valence-electron chi connectivity index (χ4n) is 3.30. The lowest BCUT2D eigenvalue weighted by Gasteiger charge is -2.34. The van der Waals surface area contributed by atoms with Crippen LogP contribution in [0, 0.1) is 0 Å². The molecular weight excluding hydrogens is 340 g/mol. The molecule has 5 nitrogen and oxygen atoms in total. The van der Waals surface area contributed by atoms with E-state index in [9.17, 15) is 4.79 Å². The lowest BCUT2D eigenvalue weighted by atomic mass is 10.0. The summed E-state index contributed by atoms with van der Waals surface area (Å²) in [5.41, 5.74) is 1.10. The summed E-state index contributed by atoms with van der Waals surface area (Å²) in [5, 5.41) is 3.37. The maximum atomic E-state index is 12.7. The zero-order chi connectivity index (χ0) is 17.4. The molecule has 142 valence electrons. The van der Waals surface area contributed by atoms with Gasteiger partial charge < -0.3 is 19.7 Å². The third-order valence-electron chi connectivity index (χ3n) is 4.61. The van der Waals surface area contributed by atoms with Gasteiger partial charge >= 0.3 is 0 Å². The Labute approximate surface area is 157 Å². The molecule has 0 radical (unpaired) electrons. The third-order valence-corrected chi connectivity index (χ3v) is 4.61. The Bertz CT molecular complexity index is 533. The van der Waals surface area contributed by atoms with Crippen LogP contribution in [0.4, 0.5) is 0 Å². The van der Waals surface area contributed by atoms with Gasteiger partial charge in [-0.05, 0) is 56.5 Å². The fourth-order valence-corrected chi connectivity index (χ4v) is 3.30. The van der Waals surface area contributed by atoms with E-state index in [1.807, 2.05) is 18.2 Å². The van der Waals surface area contributed by atoms with Crippen LogP contribution in [0.3, 0.4) is 0 Å². The van der Waals surface area contributed by atoms with Crippen LogP contribution >= 0.6 is 12.4 Å². The number of halogens is 1. The van der Waals surface area contributed by atoms with E-state index < -0.39 is 0 Å². The van der Waals surface area contributed by atoms with Gasteiger partial charge in [-0.15, -0.1) is 12.4 Å². The van der Waals surface area contributed by atoms with Gasteiger partial charge in [0.1, 0.15) is 0 Å². The van der Waals surface area contributed by atoms with Crippen LogP contribution in [-0.4, -0.2) is 50.7 Å². The smallest absolute Gasteiger partial charge is 0.223 e. The van der Waals surface area contributed by atoms with Crippen molar-refractivity contribution in [2.75, 3.05) is 33.9 Å². The molecule has 1 N–H and O–H groups in total. The van der Waals surface area contributed by atoms with E-state index in [1.165, 1.54) is 0 Å². The van der Waals surface area contributed by atoms with Crippen LogP contribution in [0.25, 0.3) is 0 Å². The summed E-state index contributed by atoms with van der Waals surface area (Å²) in [5.74, 6) is 1.69. The van der Waals surface area contributed by atoms with E-state index in [4.69, 9.17) is 9.47 Å². The quantitative estimate of drug-likeness (QED) is 0.764. The molecule has 1 aliphatic heterocycles. The molecule has 0 spiro atoms. The van der Waals surface area contributed by atoms with Crippen LogP contribution in [0.1, 0.15) is 38.2 Å². The Morgan fingerprint density at radius 2 is 1.88 bits per heavy atom. The normalized spacial score (nSPS) is 14.5. The number of methoxy groups -OCH3 is 2. The highest BCUT2D eigenvalue weighted by Gasteiger charge is 2.24. The maximum Gasteiger partial charge on any atom is 0.223 e. The summed E-state index contributed by atoms with van der Waals surface area (Å²) < 4.78 is 10.6. The van der Waals surface area contributed by atoms with Crippen molar-refractivity contribution >= 4 is 18.3 Å². The van der Waals surface area contributed by atoms with E-state index in [1.54, 1.807) is 14.2 Å². The number of ether oxygens (including phenoxy) is 2. The number of nitrogens with zero attached hydrogens (tertiary/aromatic N) is 1. The number of carbonyl (C=O) groups excluding carboxylic acids is 1. The SMILES string of the molecule is CCCN(C(=O)CCc1ccc(OC)c(OC)c1)C1CCNCC1.Cl. The Kier molecular flexibility index (Phi) is 9.68. The van der Waals surface area contributed by atoms with Gasteiger partial charge in [0.2, 0.25) is 5.91 Å². The van der Waals surface area contributed by atoms with Crippen molar-refractivity contribution in [2.45, 2.75) is 45.1 Å². The highest BCUT2D eigenvalue weighted by atomic mass is 35.5. The average molecular weight is 371 g/mol. The second-order valence-electron chi connectivity index (χ2n) is 6.26. The lowest BCUT2D eigenvalue weighted by Crippen LogP contribution is -2.46. The first-order chi connectivity index (χ1) is 11.7. The monoisotopic (exact) mass is 370 g/mol. The van der Waals surface area contributed by atoms with Crippen molar-refractivity contribution in [3.8, 4) is 11.5 Å². The number of piperidine rings is 1. The van der Waals surface area contributed by atoms with Crippen molar-refractivity contribution in [2.24, 2.45) is 0 Å². The highest BCUT2D eigenvalue weighted by Crippen LogP contribution is 2.28. The summed E-state index contributed by atoms with van der Waals surface area (Å²) in [6, 6.07) is 6.25. The molecule has 1 amide bonds. The van der Waals surface area contributed by atoms with Crippen LogP contribution < -0.4 is 14.8 Å². The van der Waals surface area contributed by atoms with Crippen molar-refractivity contribution in [3.63, 3.8) is 0 Å². The molecule has 25 heavy (non-hydrogen) atoms. The molecule has 0 bridgehead atoms. The summed E-state index contributed by atoms with van der Waals surface area (Å²) in [6.07, 6.45) is 4.39.